The Hall–Kier alpha value is -3.47. The summed E-state index contributed by atoms with van der Waals surface area (Å²) in [5, 5.41) is 9.37. The predicted octanol–water partition coefficient (Wildman–Crippen LogP) is 2.47. The maximum absolute atomic E-state index is 12.9. The van der Waals surface area contributed by atoms with Crippen LogP contribution in [0.25, 0.3) is 0 Å². The minimum Gasteiger partial charge on any atom is -0.497 e. The lowest BCUT2D eigenvalue weighted by molar-refractivity contribution is 0.0696. The van der Waals surface area contributed by atoms with Crippen LogP contribution in [0.4, 0.5) is 16.2 Å². The van der Waals surface area contributed by atoms with E-state index in [1.54, 1.807) is 17.9 Å². The second-order valence-corrected chi connectivity index (χ2v) is 8.67. The van der Waals surface area contributed by atoms with E-state index in [1.807, 2.05) is 4.90 Å². The highest BCUT2D eigenvalue weighted by Crippen LogP contribution is 2.31. The molecule has 0 spiro atoms. The van der Waals surface area contributed by atoms with Crippen molar-refractivity contribution in [1.29, 1.82) is 0 Å². The number of hydrogen-bond acceptors (Lipinski definition) is 7. The number of carboxylic acids is 1. The zero-order chi connectivity index (χ0) is 23.3. The van der Waals surface area contributed by atoms with Crippen molar-refractivity contribution in [2.24, 2.45) is 0 Å². The monoisotopic (exact) mass is 463 g/mol. The summed E-state index contributed by atoms with van der Waals surface area (Å²) in [5.41, 5.74) is 0.618. The van der Waals surface area contributed by atoms with Gasteiger partial charge >= 0.3 is 12.1 Å². The minimum atomic E-state index is -3.98. The first-order valence-electron chi connectivity index (χ1n) is 9.96. The van der Waals surface area contributed by atoms with Crippen LogP contribution < -0.4 is 14.4 Å². The fourth-order valence-corrected chi connectivity index (χ4v) is 4.40. The molecular weight excluding hydrogens is 438 g/mol. The van der Waals surface area contributed by atoms with Crippen molar-refractivity contribution in [3.8, 4) is 5.75 Å². The van der Waals surface area contributed by atoms with Crippen LogP contribution in [0.2, 0.25) is 0 Å². The van der Waals surface area contributed by atoms with Crippen LogP contribution in [-0.4, -0.2) is 70.4 Å². The lowest BCUT2D eigenvalue weighted by Crippen LogP contribution is -2.49. The summed E-state index contributed by atoms with van der Waals surface area (Å²) in [6, 6.07) is 10.1. The molecule has 11 heteroatoms. The third-order valence-electron chi connectivity index (χ3n) is 5.00. The average Bonchev–Trinajstić information content (AvgIpc) is 2.79. The summed E-state index contributed by atoms with van der Waals surface area (Å²) in [6.45, 7) is 3.67. The van der Waals surface area contributed by atoms with Gasteiger partial charge in [-0.25, -0.2) is 18.0 Å². The van der Waals surface area contributed by atoms with Gasteiger partial charge in [-0.05, 0) is 49.4 Å². The number of hydrogen-bond donors (Lipinski definition) is 2. The van der Waals surface area contributed by atoms with Crippen LogP contribution in [0.15, 0.2) is 47.4 Å². The highest BCUT2D eigenvalue weighted by atomic mass is 32.2. The minimum absolute atomic E-state index is 0.0112. The topological polar surface area (TPSA) is 125 Å². The number of rotatable bonds is 7. The van der Waals surface area contributed by atoms with E-state index in [0.29, 0.717) is 37.6 Å². The maximum atomic E-state index is 12.9. The molecule has 0 aliphatic carbocycles. The van der Waals surface area contributed by atoms with Gasteiger partial charge in [-0.15, -0.1) is 0 Å². The van der Waals surface area contributed by atoms with E-state index in [-0.39, 0.29) is 22.8 Å². The van der Waals surface area contributed by atoms with Crippen LogP contribution in [0, 0.1) is 0 Å². The highest BCUT2D eigenvalue weighted by molar-refractivity contribution is 7.92. The van der Waals surface area contributed by atoms with Crippen molar-refractivity contribution in [2.75, 3.05) is 49.5 Å². The Morgan fingerprint density at radius 2 is 1.72 bits per heavy atom. The zero-order valence-electron chi connectivity index (χ0n) is 17.8. The van der Waals surface area contributed by atoms with Gasteiger partial charge in [0.1, 0.15) is 5.75 Å². The molecule has 2 N–H and O–H groups in total. The maximum Gasteiger partial charge on any atom is 0.409 e. The van der Waals surface area contributed by atoms with Crippen LogP contribution in [0.1, 0.15) is 17.3 Å². The number of ether oxygens (including phenoxy) is 2. The second kappa shape index (κ2) is 9.77. The highest BCUT2D eigenvalue weighted by Gasteiger charge is 2.25. The molecule has 172 valence electrons. The Kier molecular flexibility index (Phi) is 7.08. The van der Waals surface area contributed by atoms with Crippen LogP contribution in [0.5, 0.6) is 5.75 Å². The van der Waals surface area contributed by atoms with Crippen molar-refractivity contribution < 1.29 is 32.6 Å². The summed E-state index contributed by atoms with van der Waals surface area (Å²) in [7, 11) is -2.50. The van der Waals surface area contributed by atoms with Gasteiger partial charge in [0.25, 0.3) is 10.0 Å². The first kappa shape index (κ1) is 23.2. The Morgan fingerprint density at radius 1 is 1.06 bits per heavy atom. The largest absolute Gasteiger partial charge is 0.497 e. The molecule has 1 saturated heterocycles. The summed E-state index contributed by atoms with van der Waals surface area (Å²) in [4.78, 5) is 26.9. The molecule has 2 aromatic carbocycles. The molecule has 0 saturated carbocycles. The fraction of sp³-hybridized carbons (Fsp3) is 0.333. The molecule has 0 aromatic heterocycles. The van der Waals surface area contributed by atoms with Gasteiger partial charge < -0.3 is 24.4 Å². The molecule has 32 heavy (non-hydrogen) atoms. The third kappa shape index (κ3) is 5.22. The number of carbonyl (C=O) groups excluding carboxylic acids is 1. The standard InChI is InChI=1S/C21H25N3O7S/c1-3-31-21(27)24-12-10-23(11-13-24)19-9-4-15(20(25)26)14-18(19)22-32(28,29)17-7-5-16(30-2)6-8-17/h4-9,14,22H,3,10-13H2,1-2H3,(H,25,26). The third-order valence-corrected chi connectivity index (χ3v) is 6.39. The number of benzene rings is 2. The van der Waals surface area contributed by atoms with Gasteiger partial charge in [-0.3, -0.25) is 4.72 Å². The number of methoxy groups -OCH3 is 1. The molecule has 0 bridgehead atoms. The number of nitrogens with zero attached hydrogens (tertiary/aromatic N) is 2. The molecule has 1 amide bonds. The van der Waals surface area contributed by atoms with Gasteiger partial charge in [-0.1, -0.05) is 0 Å². The van der Waals surface area contributed by atoms with Gasteiger partial charge in [0.2, 0.25) is 0 Å². The molecule has 0 unspecified atom stereocenters. The number of anilines is 2. The molecule has 1 fully saturated rings. The Balaban J connectivity index is 1.87. The van der Waals surface area contributed by atoms with E-state index in [9.17, 15) is 23.1 Å². The number of sulfonamides is 1. The summed E-state index contributed by atoms with van der Waals surface area (Å²) >= 11 is 0. The van der Waals surface area contributed by atoms with E-state index in [1.165, 1.54) is 43.5 Å². The van der Waals surface area contributed by atoms with Crippen molar-refractivity contribution >= 4 is 33.5 Å². The smallest absolute Gasteiger partial charge is 0.409 e. The molecule has 1 heterocycles. The quantitative estimate of drug-likeness (QED) is 0.642. The van der Waals surface area contributed by atoms with Crippen molar-refractivity contribution in [1.82, 2.24) is 4.90 Å². The van der Waals surface area contributed by atoms with Crippen molar-refractivity contribution in [3.63, 3.8) is 0 Å². The molecular formula is C21H25N3O7S. The molecule has 1 aliphatic rings. The van der Waals surface area contributed by atoms with E-state index in [2.05, 4.69) is 4.72 Å². The van der Waals surface area contributed by atoms with E-state index < -0.39 is 22.1 Å². The molecule has 2 aromatic rings. The summed E-state index contributed by atoms with van der Waals surface area (Å²) < 4.78 is 38.5. The molecule has 3 rings (SSSR count). The van der Waals surface area contributed by atoms with E-state index in [0.717, 1.165) is 0 Å². The van der Waals surface area contributed by atoms with Crippen LogP contribution in [0.3, 0.4) is 0 Å². The Morgan fingerprint density at radius 3 is 2.28 bits per heavy atom. The van der Waals surface area contributed by atoms with E-state index >= 15 is 0 Å². The Labute approximate surface area is 186 Å². The average molecular weight is 464 g/mol. The predicted molar refractivity (Wildman–Crippen MR) is 118 cm³/mol. The number of amides is 1. The normalized spacial score (nSPS) is 14.1. The van der Waals surface area contributed by atoms with Crippen LogP contribution in [-0.2, 0) is 14.8 Å². The Bertz CT molecular complexity index is 1080. The fourth-order valence-electron chi connectivity index (χ4n) is 3.33. The SMILES string of the molecule is CCOC(=O)N1CCN(c2ccc(C(=O)O)cc2NS(=O)(=O)c2ccc(OC)cc2)CC1. The van der Waals surface area contributed by atoms with Gasteiger partial charge in [0, 0.05) is 26.2 Å². The van der Waals surface area contributed by atoms with Gasteiger partial charge in [-0.2, -0.15) is 0 Å². The summed E-state index contributed by atoms with van der Waals surface area (Å²) in [5.74, 6) is -0.662. The molecule has 0 atom stereocenters. The molecule has 0 radical (unpaired) electrons. The lowest BCUT2D eigenvalue weighted by atomic mass is 10.1. The second-order valence-electron chi connectivity index (χ2n) is 6.99. The summed E-state index contributed by atoms with van der Waals surface area (Å²) in [6.07, 6.45) is -0.395. The molecule has 1 aliphatic heterocycles. The van der Waals surface area contributed by atoms with E-state index in [4.69, 9.17) is 9.47 Å². The number of piperazine rings is 1. The van der Waals surface area contributed by atoms with Crippen LogP contribution >= 0.6 is 0 Å². The number of nitrogens with one attached hydrogen (secondary N) is 1. The lowest BCUT2D eigenvalue weighted by Gasteiger charge is -2.36. The van der Waals surface area contributed by atoms with Gasteiger partial charge in [0.05, 0.1) is 35.6 Å². The van der Waals surface area contributed by atoms with Crippen molar-refractivity contribution in [3.05, 3.63) is 48.0 Å². The zero-order valence-corrected chi connectivity index (χ0v) is 18.6. The number of carboxylic acid groups (broad SMARTS) is 1. The number of carbonyl (C=O) groups is 2. The first-order chi connectivity index (χ1) is 15.2. The molecule has 10 nitrogen and oxygen atoms in total. The first-order valence-corrected chi connectivity index (χ1v) is 11.4. The van der Waals surface area contributed by atoms with Crippen molar-refractivity contribution in [2.45, 2.75) is 11.8 Å². The number of aromatic carboxylic acids is 1. The van der Waals surface area contributed by atoms with Gasteiger partial charge in [0.15, 0.2) is 0 Å².